The summed E-state index contributed by atoms with van der Waals surface area (Å²) in [5.74, 6) is 0.999. The largest absolute Gasteiger partial charge is 0.455 e. The van der Waals surface area contributed by atoms with Gasteiger partial charge in [-0.2, -0.15) is 0 Å². The molecular weight excluding hydrogens is 661 g/mol. The normalized spacial score (nSPS) is 14.0. The highest BCUT2D eigenvalue weighted by Crippen LogP contribution is 2.42. The predicted octanol–water partition coefficient (Wildman–Crippen LogP) is 12.7. The van der Waals surface area contributed by atoms with Crippen molar-refractivity contribution in [3.8, 4) is 51.0 Å². The van der Waals surface area contributed by atoms with Crippen LogP contribution in [0.1, 0.15) is 12.3 Å². The first kappa shape index (κ1) is 22.5. The summed E-state index contributed by atoms with van der Waals surface area (Å²) in [5.41, 5.74) is 5.07. The zero-order chi connectivity index (χ0) is 43.4. The Morgan fingerprint density at radius 1 is 0.463 bits per heavy atom. The van der Waals surface area contributed by atoms with E-state index in [0.717, 1.165) is 27.5 Å². The minimum absolute atomic E-state index is 0.00136. The fourth-order valence-corrected chi connectivity index (χ4v) is 7.24. The molecule has 3 aromatic heterocycles. The van der Waals surface area contributed by atoms with Gasteiger partial charge >= 0.3 is 0 Å². The molecule has 0 aliphatic carbocycles. The van der Waals surface area contributed by atoms with Gasteiger partial charge < -0.3 is 8.98 Å². The van der Waals surface area contributed by atoms with Crippen molar-refractivity contribution in [1.29, 1.82) is 0 Å². The minimum atomic E-state index is -0.565. The quantitative estimate of drug-likeness (QED) is 0.179. The zero-order valence-electron chi connectivity index (χ0n) is 37.3. The number of hydrogen-bond acceptors (Lipinski definition) is 4. The zero-order valence-corrected chi connectivity index (χ0v) is 28.3. The Labute approximate surface area is 323 Å². The highest BCUT2D eigenvalue weighted by atomic mass is 16.3. The molecule has 8 aromatic carbocycles. The minimum Gasteiger partial charge on any atom is -0.455 e. The van der Waals surface area contributed by atoms with Crippen LogP contribution in [-0.4, -0.2) is 19.5 Å². The summed E-state index contributed by atoms with van der Waals surface area (Å²) in [6, 6.07) is 35.8. The third-order valence-electron chi connectivity index (χ3n) is 9.72. The summed E-state index contributed by atoms with van der Waals surface area (Å²) in [5, 5.41) is 1.48. The molecule has 0 saturated carbocycles. The molecule has 0 amide bonds. The fourth-order valence-electron chi connectivity index (χ4n) is 7.24. The molecule has 11 rings (SSSR count). The van der Waals surface area contributed by atoms with Crippen molar-refractivity contribution < 1.29 is 16.8 Å². The van der Waals surface area contributed by atoms with E-state index in [2.05, 4.69) is 0 Å². The van der Waals surface area contributed by atoms with Crippen molar-refractivity contribution in [2.75, 3.05) is 0 Å². The Morgan fingerprint density at radius 3 is 1.93 bits per heavy atom. The standard InChI is InChI=1S/C49H30N4O/c1-3-14-31(15-4-1)47-50-48(32-16-5-2-6-17-32)52-49(51-47)40-27-26-35(36-22-13-23-39-38-21-10-12-25-45(38)54-46(36)39)30-43(40)53-42-24-11-9-20-37(42)41-28-33-18-7-8-19-34(33)29-44(41)53/h1-30H/i7D,8D,9D,18D,19D,20D,24D,28D,29D. The van der Waals surface area contributed by atoms with Crippen LogP contribution < -0.4 is 0 Å². The van der Waals surface area contributed by atoms with E-state index in [9.17, 15) is 5.48 Å². The Morgan fingerprint density at radius 2 is 1.15 bits per heavy atom. The lowest BCUT2D eigenvalue weighted by atomic mass is 9.99. The van der Waals surface area contributed by atoms with Crippen LogP contribution in [0.5, 0.6) is 0 Å². The summed E-state index contributed by atoms with van der Waals surface area (Å²) in [4.78, 5) is 15.0. The predicted molar refractivity (Wildman–Crippen MR) is 221 cm³/mol. The molecule has 5 nitrogen and oxygen atoms in total. The molecule has 0 N–H and O–H groups in total. The Hall–Kier alpha value is -7.37. The van der Waals surface area contributed by atoms with Crippen molar-refractivity contribution in [3.05, 3.63) is 182 Å². The summed E-state index contributed by atoms with van der Waals surface area (Å²) in [6.45, 7) is 0. The highest BCUT2D eigenvalue weighted by Gasteiger charge is 2.22. The lowest BCUT2D eigenvalue weighted by Gasteiger charge is -2.17. The average molecular weight is 700 g/mol. The van der Waals surface area contributed by atoms with Gasteiger partial charge in [-0.15, -0.1) is 0 Å². The first-order chi connectivity index (χ1) is 30.5. The number of hydrogen-bond donors (Lipinski definition) is 0. The second-order valence-electron chi connectivity index (χ2n) is 12.9. The van der Waals surface area contributed by atoms with E-state index < -0.39 is 24.2 Å². The van der Waals surface area contributed by atoms with E-state index in [4.69, 9.17) is 26.2 Å². The van der Waals surface area contributed by atoms with E-state index in [-0.39, 0.29) is 68.6 Å². The highest BCUT2D eigenvalue weighted by molar-refractivity contribution is 6.14. The van der Waals surface area contributed by atoms with Crippen LogP contribution >= 0.6 is 0 Å². The fraction of sp³-hybridized carbons (Fsp3) is 0. The average Bonchev–Trinajstić information content (AvgIpc) is 3.89. The summed E-state index contributed by atoms with van der Waals surface area (Å²) in [6.07, 6.45) is 0. The molecule has 0 unspecified atom stereocenters. The number of para-hydroxylation sites is 3. The van der Waals surface area contributed by atoms with Gasteiger partial charge in [-0.1, -0.05) is 145 Å². The summed E-state index contributed by atoms with van der Waals surface area (Å²) >= 11 is 0. The van der Waals surface area contributed by atoms with E-state index in [1.165, 1.54) is 6.07 Å². The molecule has 0 fully saturated rings. The van der Waals surface area contributed by atoms with Gasteiger partial charge in [0.2, 0.25) is 0 Å². The topological polar surface area (TPSA) is 56.7 Å². The summed E-state index contributed by atoms with van der Waals surface area (Å²) in [7, 11) is 0. The maximum atomic E-state index is 9.83. The van der Waals surface area contributed by atoms with Gasteiger partial charge in [0.1, 0.15) is 11.2 Å². The number of aromatic nitrogens is 4. The van der Waals surface area contributed by atoms with Gasteiger partial charge in [-0.05, 0) is 52.7 Å². The van der Waals surface area contributed by atoms with E-state index >= 15 is 0 Å². The molecule has 54 heavy (non-hydrogen) atoms. The Kier molecular flexibility index (Phi) is 5.06. The molecule has 0 aliphatic heterocycles. The lowest BCUT2D eigenvalue weighted by molar-refractivity contribution is 0.670. The van der Waals surface area contributed by atoms with Crippen LogP contribution in [0.15, 0.2) is 186 Å². The molecular formula is C49H30N4O. The monoisotopic (exact) mass is 699 g/mol. The number of nitrogens with zero attached hydrogens (tertiary/aromatic N) is 4. The SMILES string of the molecule is [2H]c1cc([2H])c2c(c1[2H])c1c([2H])c3c([2H])c([2H])c([2H])c([2H])c3c([2H])c1n2-c1cc(-c2cccc3c2oc2ccccc23)ccc1-c1nc(-c2ccccc2)nc(-c2ccccc2)n1. The van der Waals surface area contributed by atoms with Gasteiger partial charge in [-0.25, -0.2) is 15.0 Å². The maximum Gasteiger partial charge on any atom is 0.166 e. The molecule has 0 bridgehead atoms. The molecule has 11 aromatic rings. The second kappa shape index (κ2) is 12.1. The third kappa shape index (κ3) is 4.83. The van der Waals surface area contributed by atoms with Crippen LogP contribution in [0, 0.1) is 0 Å². The van der Waals surface area contributed by atoms with E-state index in [1.54, 1.807) is 4.57 Å². The van der Waals surface area contributed by atoms with Crippen LogP contribution in [0.4, 0.5) is 0 Å². The number of fused-ring (bicyclic) bond motifs is 7. The third-order valence-corrected chi connectivity index (χ3v) is 9.72. The maximum absolute atomic E-state index is 9.83. The smallest absolute Gasteiger partial charge is 0.166 e. The first-order valence-corrected chi connectivity index (χ1v) is 17.4. The van der Waals surface area contributed by atoms with Crippen LogP contribution in [0.25, 0.3) is 105 Å². The van der Waals surface area contributed by atoms with Gasteiger partial charge in [0.05, 0.1) is 29.1 Å². The van der Waals surface area contributed by atoms with Gasteiger partial charge in [0.15, 0.2) is 17.5 Å². The van der Waals surface area contributed by atoms with Crippen LogP contribution in [0.2, 0.25) is 0 Å². The molecule has 252 valence electrons. The van der Waals surface area contributed by atoms with E-state index in [1.807, 2.05) is 121 Å². The van der Waals surface area contributed by atoms with Gasteiger partial charge in [0.25, 0.3) is 0 Å². The van der Waals surface area contributed by atoms with Gasteiger partial charge in [-0.3, -0.25) is 0 Å². The number of rotatable bonds is 5. The molecule has 0 saturated heterocycles. The van der Waals surface area contributed by atoms with Crippen molar-refractivity contribution in [2.24, 2.45) is 0 Å². The number of benzene rings is 8. The summed E-state index contributed by atoms with van der Waals surface area (Å²) < 4.78 is 89.8. The first-order valence-electron chi connectivity index (χ1n) is 21.9. The second-order valence-corrected chi connectivity index (χ2v) is 12.9. The Balaban J connectivity index is 1.33. The van der Waals surface area contributed by atoms with Crippen molar-refractivity contribution in [2.45, 2.75) is 0 Å². The molecule has 5 heteroatoms. The van der Waals surface area contributed by atoms with Gasteiger partial charge in [0, 0.05) is 43.8 Å². The van der Waals surface area contributed by atoms with Crippen LogP contribution in [-0.2, 0) is 0 Å². The van der Waals surface area contributed by atoms with E-state index in [0.29, 0.717) is 39.6 Å². The molecule has 0 aliphatic rings. The number of furan rings is 1. The van der Waals surface area contributed by atoms with Crippen molar-refractivity contribution in [3.63, 3.8) is 0 Å². The molecule has 0 atom stereocenters. The lowest BCUT2D eigenvalue weighted by Crippen LogP contribution is -2.04. The van der Waals surface area contributed by atoms with Crippen molar-refractivity contribution >= 4 is 54.5 Å². The molecule has 0 spiro atoms. The molecule has 3 heterocycles. The van der Waals surface area contributed by atoms with Crippen LogP contribution in [0.3, 0.4) is 0 Å². The molecule has 0 radical (unpaired) electrons. The Bertz CT molecular complexity index is 3680. The van der Waals surface area contributed by atoms with Crippen molar-refractivity contribution in [1.82, 2.24) is 19.5 Å².